The first-order valence-corrected chi connectivity index (χ1v) is 10.3. The van der Waals surface area contributed by atoms with Crippen LogP contribution in [0.3, 0.4) is 0 Å². The molecule has 0 amide bonds. The molecule has 2 aromatic rings. The quantitative estimate of drug-likeness (QED) is 0.279. The fourth-order valence-electron chi connectivity index (χ4n) is 3.20. The largest absolute Gasteiger partial charge is 0.465 e. The maximum Gasteiger partial charge on any atom is 0.126 e. The number of hydrogen-bond donors (Lipinski definition) is 0. The fourth-order valence-corrected chi connectivity index (χ4v) is 3.20. The Morgan fingerprint density at radius 1 is 0.692 bits per heavy atom. The van der Waals surface area contributed by atoms with Gasteiger partial charge >= 0.3 is 0 Å². The molecule has 0 saturated heterocycles. The van der Waals surface area contributed by atoms with Crippen LogP contribution in [0.4, 0.5) is 0 Å². The molecule has 0 aliphatic rings. The second-order valence-corrected chi connectivity index (χ2v) is 7.03. The van der Waals surface area contributed by atoms with Crippen molar-refractivity contribution in [2.75, 3.05) is 0 Å². The van der Waals surface area contributed by atoms with E-state index in [4.69, 9.17) is 4.74 Å². The van der Waals surface area contributed by atoms with E-state index in [-0.39, 0.29) is 0 Å². The van der Waals surface area contributed by atoms with Crippen molar-refractivity contribution in [3.8, 4) is 16.9 Å². The molecule has 0 saturated carbocycles. The van der Waals surface area contributed by atoms with Crippen LogP contribution >= 0.6 is 0 Å². The number of unbranched alkanes of at least 4 members (excludes halogenated alkanes) is 7. The van der Waals surface area contributed by atoms with E-state index in [9.17, 15) is 0 Å². The van der Waals surface area contributed by atoms with Gasteiger partial charge in [-0.25, -0.2) is 0 Å². The molecule has 0 heterocycles. The fraction of sp³-hybridized carbons (Fsp3) is 0.440. The Hall–Kier alpha value is -2.02. The molecule has 1 nitrogen and oxygen atoms in total. The van der Waals surface area contributed by atoms with Gasteiger partial charge in [0.15, 0.2) is 0 Å². The van der Waals surface area contributed by atoms with Gasteiger partial charge in [-0.15, -0.1) is 0 Å². The van der Waals surface area contributed by atoms with Crippen molar-refractivity contribution in [1.29, 1.82) is 0 Å². The maximum absolute atomic E-state index is 5.48. The van der Waals surface area contributed by atoms with Crippen LogP contribution < -0.4 is 4.74 Å². The standard InChI is InChI=1S/C25H34O/c1-3-5-6-7-8-9-10-11-12-22-13-15-23(16-14-22)24-17-19-25(20-18-24)26-21-4-2/h4,13-21H,3,5-12H2,1-2H3. The third kappa shape index (κ3) is 7.47. The summed E-state index contributed by atoms with van der Waals surface area (Å²) in [6.45, 7) is 4.23. The van der Waals surface area contributed by atoms with Gasteiger partial charge in [-0.05, 0) is 48.6 Å². The Kier molecular flexibility index (Phi) is 9.64. The summed E-state index contributed by atoms with van der Waals surface area (Å²) in [7, 11) is 0. The molecule has 26 heavy (non-hydrogen) atoms. The van der Waals surface area contributed by atoms with Gasteiger partial charge in [0.25, 0.3) is 0 Å². The van der Waals surface area contributed by atoms with Gasteiger partial charge in [0, 0.05) is 0 Å². The molecule has 0 N–H and O–H groups in total. The van der Waals surface area contributed by atoms with Crippen LogP contribution in [0.1, 0.15) is 70.8 Å². The Labute approximate surface area is 160 Å². The number of benzene rings is 2. The van der Waals surface area contributed by atoms with Gasteiger partial charge in [-0.2, -0.15) is 0 Å². The Morgan fingerprint density at radius 2 is 1.23 bits per heavy atom. The number of aryl methyl sites for hydroxylation is 1. The van der Waals surface area contributed by atoms with Gasteiger partial charge in [0.05, 0.1) is 6.26 Å². The van der Waals surface area contributed by atoms with Crippen molar-refractivity contribution in [1.82, 2.24) is 0 Å². The van der Waals surface area contributed by atoms with E-state index in [0.29, 0.717) is 0 Å². The van der Waals surface area contributed by atoms with Crippen molar-refractivity contribution in [2.45, 2.75) is 71.6 Å². The molecule has 0 aliphatic heterocycles. The Bertz CT molecular complexity index is 622. The molecule has 0 fully saturated rings. The highest BCUT2D eigenvalue weighted by molar-refractivity contribution is 5.64. The molecule has 0 atom stereocenters. The second kappa shape index (κ2) is 12.4. The van der Waals surface area contributed by atoms with Crippen LogP contribution in [0.15, 0.2) is 60.9 Å². The lowest BCUT2D eigenvalue weighted by molar-refractivity contribution is 0.480. The highest BCUT2D eigenvalue weighted by Crippen LogP contribution is 2.23. The molecule has 0 aliphatic carbocycles. The predicted octanol–water partition coefficient (Wildman–Crippen LogP) is 7.95. The van der Waals surface area contributed by atoms with E-state index < -0.39 is 0 Å². The molecule has 2 rings (SSSR count). The normalized spacial score (nSPS) is 11.2. The van der Waals surface area contributed by atoms with Crippen LogP contribution in [-0.2, 0) is 6.42 Å². The molecule has 1 heteroatoms. The number of rotatable bonds is 12. The van der Waals surface area contributed by atoms with Crippen molar-refractivity contribution in [2.24, 2.45) is 0 Å². The number of ether oxygens (including phenoxy) is 1. The minimum atomic E-state index is 0.873. The number of hydrogen-bond acceptors (Lipinski definition) is 1. The lowest BCUT2D eigenvalue weighted by Gasteiger charge is -2.06. The van der Waals surface area contributed by atoms with E-state index >= 15 is 0 Å². The molecule has 0 aromatic heterocycles. The minimum absolute atomic E-state index is 0.873. The summed E-state index contributed by atoms with van der Waals surface area (Å²) in [5, 5.41) is 0. The lowest BCUT2D eigenvalue weighted by Crippen LogP contribution is -1.87. The zero-order valence-electron chi connectivity index (χ0n) is 16.5. The van der Waals surface area contributed by atoms with Crippen molar-refractivity contribution < 1.29 is 4.74 Å². The molecular weight excluding hydrogens is 316 g/mol. The van der Waals surface area contributed by atoms with Crippen molar-refractivity contribution >= 4 is 0 Å². The summed E-state index contributed by atoms with van der Waals surface area (Å²) in [6, 6.07) is 17.3. The van der Waals surface area contributed by atoms with E-state index in [1.165, 1.54) is 74.5 Å². The number of allylic oxidation sites excluding steroid dienone is 1. The van der Waals surface area contributed by atoms with Gasteiger partial charge in [0.2, 0.25) is 0 Å². The molecule has 2 aromatic carbocycles. The smallest absolute Gasteiger partial charge is 0.126 e. The van der Waals surface area contributed by atoms with Crippen LogP contribution in [0.2, 0.25) is 0 Å². The van der Waals surface area contributed by atoms with Gasteiger partial charge < -0.3 is 4.74 Å². The molecule has 0 bridgehead atoms. The topological polar surface area (TPSA) is 9.23 Å². The van der Waals surface area contributed by atoms with Crippen LogP contribution in [0.25, 0.3) is 11.1 Å². The van der Waals surface area contributed by atoms with E-state index in [1.807, 2.05) is 25.1 Å². The molecule has 0 radical (unpaired) electrons. The Morgan fingerprint density at radius 3 is 1.81 bits per heavy atom. The molecule has 0 unspecified atom stereocenters. The summed E-state index contributed by atoms with van der Waals surface area (Å²) < 4.78 is 5.48. The summed E-state index contributed by atoms with van der Waals surface area (Å²) in [5.74, 6) is 0.873. The third-order valence-corrected chi connectivity index (χ3v) is 4.80. The third-order valence-electron chi connectivity index (χ3n) is 4.80. The second-order valence-electron chi connectivity index (χ2n) is 7.03. The zero-order chi connectivity index (χ0) is 18.5. The Balaban J connectivity index is 1.72. The van der Waals surface area contributed by atoms with Crippen LogP contribution in [-0.4, -0.2) is 0 Å². The first-order chi connectivity index (χ1) is 12.8. The van der Waals surface area contributed by atoms with E-state index in [1.54, 1.807) is 6.26 Å². The van der Waals surface area contributed by atoms with Crippen LogP contribution in [0.5, 0.6) is 5.75 Å². The minimum Gasteiger partial charge on any atom is -0.465 e. The lowest BCUT2D eigenvalue weighted by atomic mass is 10.0. The highest BCUT2D eigenvalue weighted by atomic mass is 16.5. The summed E-state index contributed by atoms with van der Waals surface area (Å²) in [5.41, 5.74) is 3.95. The SMILES string of the molecule is CC=COc1ccc(-c2ccc(CCCCCCCCCC)cc2)cc1. The first-order valence-electron chi connectivity index (χ1n) is 10.3. The maximum atomic E-state index is 5.48. The molecule has 0 spiro atoms. The summed E-state index contributed by atoms with van der Waals surface area (Å²) in [6.07, 6.45) is 15.8. The highest BCUT2D eigenvalue weighted by Gasteiger charge is 2.00. The van der Waals surface area contributed by atoms with Crippen molar-refractivity contribution in [3.05, 3.63) is 66.4 Å². The molecule has 140 valence electrons. The summed E-state index contributed by atoms with van der Waals surface area (Å²) >= 11 is 0. The van der Waals surface area contributed by atoms with Crippen molar-refractivity contribution in [3.63, 3.8) is 0 Å². The van der Waals surface area contributed by atoms with E-state index in [2.05, 4.69) is 43.3 Å². The van der Waals surface area contributed by atoms with Gasteiger partial charge in [-0.3, -0.25) is 0 Å². The predicted molar refractivity (Wildman–Crippen MR) is 114 cm³/mol. The zero-order valence-corrected chi connectivity index (χ0v) is 16.5. The molecular formula is C25H34O. The van der Waals surface area contributed by atoms with Gasteiger partial charge in [-0.1, -0.05) is 94.3 Å². The van der Waals surface area contributed by atoms with E-state index in [0.717, 1.165) is 5.75 Å². The van der Waals surface area contributed by atoms with Crippen LogP contribution in [0, 0.1) is 0 Å². The average molecular weight is 351 g/mol. The first kappa shape index (κ1) is 20.3. The summed E-state index contributed by atoms with van der Waals surface area (Å²) in [4.78, 5) is 0. The average Bonchev–Trinajstić information content (AvgIpc) is 2.69. The monoisotopic (exact) mass is 350 g/mol. The van der Waals surface area contributed by atoms with Gasteiger partial charge in [0.1, 0.15) is 5.75 Å².